The Morgan fingerprint density at radius 3 is 2.00 bits per heavy atom. The summed E-state index contributed by atoms with van der Waals surface area (Å²) in [5.41, 5.74) is 0. The highest BCUT2D eigenvalue weighted by Gasteiger charge is 2.27. The highest BCUT2D eigenvalue weighted by Crippen LogP contribution is 2.25. The number of hydrogen-bond donors (Lipinski definition) is 0. The molecule has 0 aromatic carbocycles. The second-order valence-electron chi connectivity index (χ2n) is 3.76. The number of amides is 1. The van der Waals surface area contributed by atoms with Gasteiger partial charge in [0.15, 0.2) is 0 Å². The molecular weight excluding hydrogens is 176 g/mol. The fraction of sp³-hybridized carbons (Fsp3) is 0.727. The molecular formula is C11H18N2O. The molecule has 1 amide bonds. The number of nitrogens with zero attached hydrogens (tertiary/aromatic N) is 2. The van der Waals surface area contributed by atoms with E-state index in [1.54, 1.807) is 0 Å². The Labute approximate surface area is 86.1 Å². The molecule has 78 valence electrons. The van der Waals surface area contributed by atoms with Gasteiger partial charge in [0, 0.05) is 32.2 Å². The molecule has 0 unspecified atom stereocenters. The molecule has 0 spiro atoms. The highest BCUT2D eigenvalue weighted by atomic mass is 16.1. The summed E-state index contributed by atoms with van der Waals surface area (Å²) in [5.74, 6) is 0. The summed E-state index contributed by atoms with van der Waals surface area (Å²) in [6, 6.07) is 0.846. The van der Waals surface area contributed by atoms with E-state index in [4.69, 9.17) is 0 Å². The van der Waals surface area contributed by atoms with E-state index < -0.39 is 0 Å². The fourth-order valence-electron chi connectivity index (χ4n) is 1.96. The van der Waals surface area contributed by atoms with Crippen LogP contribution in [-0.2, 0) is 4.79 Å². The zero-order valence-corrected chi connectivity index (χ0v) is 8.56. The first-order valence-electron chi connectivity index (χ1n) is 5.17. The van der Waals surface area contributed by atoms with Gasteiger partial charge in [-0.3, -0.25) is 9.69 Å². The third-order valence-corrected chi connectivity index (χ3v) is 3.09. The molecule has 2 rings (SSSR count). The van der Waals surface area contributed by atoms with Crippen molar-refractivity contribution in [2.45, 2.75) is 25.3 Å². The lowest BCUT2D eigenvalue weighted by atomic mass is 9.91. The number of carbonyl (C=O) groups excluding carboxylic acids is 1. The number of rotatable bonds is 2. The highest BCUT2D eigenvalue weighted by molar-refractivity contribution is 5.47. The van der Waals surface area contributed by atoms with Crippen molar-refractivity contribution in [1.82, 2.24) is 9.80 Å². The van der Waals surface area contributed by atoms with Crippen molar-refractivity contribution in [3.63, 3.8) is 0 Å². The number of hydrogen-bond acceptors (Lipinski definition) is 2. The average molecular weight is 194 g/mol. The van der Waals surface area contributed by atoms with Crippen LogP contribution in [0, 0.1) is 12.8 Å². The molecule has 2 aliphatic rings. The summed E-state index contributed by atoms with van der Waals surface area (Å²) in [6.45, 7) is 4.03. The van der Waals surface area contributed by atoms with Gasteiger partial charge in [-0.05, 0) is 12.8 Å². The quantitative estimate of drug-likeness (QED) is 0.474. The molecule has 0 radical (unpaired) electrons. The largest absolute Gasteiger partial charge is 0.343 e. The molecule has 0 bridgehead atoms. The van der Waals surface area contributed by atoms with Crippen LogP contribution in [0.5, 0.6) is 0 Å². The van der Waals surface area contributed by atoms with Gasteiger partial charge in [-0.15, -0.1) is 12.8 Å². The average Bonchev–Trinajstić information content (AvgIpc) is 2.20. The van der Waals surface area contributed by atoms with Crippen LogP contribution in [0.3, 0.4) is 0 Å². The first-order valence-corrected chi connectivity index (χ1v) is 5.17. The predicted molar refractivity (Wildman–Crippen MR) is 56.7 cm³/mol. The maximum Gasteiger partial charge on any atom is 0.209 e. The van der Waals surface area contributed by atoms with E-state index in [1.165, 1.54) is 19.3 Å². The summed E-state index contributed by atoms with van der Waals surface area (Å²) in [5, 5.41) is 0. The van der Waals surface area contributed by atoms with Crippen LogP contribution in [-0.4, -0.2) is 48.4 Å². The van der Waals surface area contributed by atoms with Crippen LogP contribution >= 0.6 is 0 Å². The molecule has 3 nitrogen and oxygen atoms in total. The van der Waals surface area contributed by atoms with E-state index >= 15 is 0 Å². The maximum atomic E-state index is 10.4. The van der Waals surface area contributed by atoms with Crippen molar-refractivity contribution in [3.8, 4) is 12.8 Å². The normalized spacial score (nSPS) is 23.1. The van der Waals surface area contributed by atoms with Gasteiger partial charge in [-0.1, -0.05) is 6.42 Å². The van der Waals surface area contributed by atoms with Gasteiger partial charge in [-0.2, -0.15) is 0 Å². The van der Waals surface area contributed by atoms with E-state index in [0.29, 0.717) is 0 Å². The zero-order chi connectivity index (χ0) is 10.4. The van der Waals surface area contributed by atoms with Crippen molar-refractivity contribution in [1.29, 1.82) is 0 Å². The molecule has 14 heavy (non-hydrogen) atoms. The minimum absolute atomic E-state index is 0.846. The molecule has 1 saturated carbocycles. The van der Waals surface area contributed by atoms with Crippen molar-refractivity contribution >= 4 is 6.41 Å². The molecule has 1 aliphatic heterocycles. The maximum absolute atomic E-state index is 10.4. The van der Waals surface area contributed by atoms with Crippen LogP contribution in [0.4, 0.5) is 0 Å². The molecule has 1 heterocycles. The Morgan fingerprint density at radius 1 is 1.07 bits per heavy atom. The minimum atomic E-state index is 0.846. The molecule has 0 aromatic rings. The fourth-order valence-corrected chi connectivity index (χ4v) is 1.96. The predicted octanol–water partition coefficient (Wildman–Crippen LogP) is 0.562. The van der Waals surface area contributed by atoms with Gasteiger partial charge in [-0.25, -0.2) is 0 Å². The second-order valence-corrected chi connectivity index (χ2v) is 3.76. The lowest BCUT2D eigenvalue weighted by Crippen LogP contribution is -2.51. The van der Waals surface area contributed by atoms with Gasteiger partial charge < -0.3 is 4.90 Å². The topological polar surface area (TPSA) is 23.6 Å². The number of carbonyl (C=O) groups is 1. The summed E-state index contributed by atoms with van der Waals surface area (Å²) in [4.78, 5) is 14.8. The molecule has 0 atom stereocenters. The SMILES string of the molecule is C#C.O=CN1CCN(C2CCC2)CC1. The van der Waals surface area contributed by atoms with Gasteiger partial charge in [0.25, 0.3) is 0 Å². The lowest BCUT2D eigenvalue weighted by Gasteiger charge is -2.42. The number of piperazine rings is 1. The van der Waals surface area contributed by atoms with Gasteiger partial charge in [0.05, 0.1) is 0 Å². The van der Waals surface area contributed by atoms with Crippen LogP contribution in [0.25, 0.3) is 0 Å². The Kier molecular flexibility index (Phi) is 4.48. The second kappa shape index (κ2) is 5.66. The van der Waals surface area contributed by atoms with Gasteiger partial charge in [0.1, 0.15) is 0 Å². The standard InChI is InChI=1S/C9H16N2O.C2H2/c12-8-10-4-6-11(7-5-10)9-2-1-3-9;1-2/h8-9H,1-7H2;1-2H. The Bertz CT molecular complexity index is 191. The Morgan fingerprint density at radius 2 is 1.64 bits per heavy atom. The smallest absolute Gasteiger partial charge is 0.209 e. The first kappa shape index (κ1) is 11.1. The number of terminal acetylenes is 1. The van der Waals surface area contributed by atoms with Crippen molar-refractivity contribution in [2.24, 2.45) is 0 Å². The van der Waals surface area contributed by atoms with E-state index in [2.05, 4.69) is 17.7 Å². The zero-order valence-electron chi connectivity index (χ0n) is 8.56. The molecule has 1 saturated heterocycles. The van der Waals surface area contributed by atoms with Crippen molar-refractivity contribution in [2.75, 3.05) is 26.2 Å². The van der Waals surface area contributed by atoms with E-state index in [0.717, 1.165) is 38.6 Å². The van der Waals surface area contributed by atoms with Crippen molar-refractivity contribution < 1.29 is 4.79 Å². The minimum Gasteiger partial charge on any atom is -0.343 e. The van der Waals surface area contributed by atoms with Gasteiger partial charge in [0.2, 0.25) is 6.41 Å². The Balaban J connectivity index is 0.000000461. The Hall–Kier alpha value is -1.01. The third kappa shape index (κ3) is 2.49. The van der Waals surface area contributed by atoms with E-state index in [1.807, 2.05) is 4.90 Å². The molecule has 2 fully saturated rings. The van der Waals surface area contributed by atoms with E-state index in [-0.39, 0.29) is 0 Å². The summed E-state index contributed by atoms with van der Waals surface area (Å²) in [7, 11) is 0. The van der Waals surface area contributed by atoms with Crippen LogP contribution < -0.4 is 0 Å². The summed E-state index contributed by atoms with van der Waals surface area (Å²) >= 11 is 0. The van der Waals surface area contributed by atoms with Gasteiger partial charge >= 0.3 is 0 Å². The summed E-state index contributed by atoms with van der Waals surface area (Å²) in [6.07, 6.45) is 13.1. The first-order chi connectivity index (χ1) is 6.90. The molecule has 0 aromatic heterocycles. The lowest BCUT2D eigenvalue weighted by molar-refractivity contribution is -0.120. The molecule has 1 aliphatic carbocycles. The monoisotopic (exact) mass is 194 g/mol. The van der Waals surface area contributed by atoms with E-state index in [9.17, 15) is 4.79 Å². The summed E-state index contributed by atoms with van der Waals surface area (Å²) < 4.78 is 0. The van der Waals surface area contributed by atoms with Crippen LogP contribution in [0.1, 0.15) is 19.3 Å². The van der Waals surface area contributed by atoms with Crippen LogP contribution in [0.15, 0.2) is 0 Å². The molecule has 3 heteroatoms. The third-order valence-electron chi connectivity index (χ3n) is 3.09. The molecule has 0 N–H and O–H groups in total. The van der Waals surface area contributed by atoms with Crippen LogP contribution in [0.2, 0.25) is 0 Å². The van der Waals surface area contributed by atoms with Crippen molar-refractivity contribution in [3.05, 3.63) is 0 Å².